The summed E-state index contributed by atoms with van der Waals surface area (Å²) < 4.78 is 12.9. The Labute approximate surface area is 119 Å². The Balaban J connectivity index is 1.52. The topological polar surface area (TPSA) is 24.9 Å². The van der Waals surface area contributed by atoms with Gasteiger partial charge >= 0.3 is 0 Å². The van der Waals surface area contributed by atoms with Crippen molar-refractivity contribution in [2.24, 2.45) is 0 Å². The van der Waals surface area contributed by atoms with Crippen molar-refractivity contribution in [2.75, 3.05) is 0 Å². The van der Waals surface area contributed by atoms with Crippen molar-refractivity contribution in [3.63, 3.8) is 0 Å². The summed E-state index contributed by atoms with van der Waals surface area (Å²) in [6, 6.07) is 11.9. The van der Waals surface area contributed by atoms with Crippen LogP contribution in [0.3, 0.4) is 0 Å². The van der Waals surface area contributed by atoms with E-state index in [0.717, 1.165) is 12.8 Å². The van der Waals surface area contributed by atoms with Gasteiger partial charge in [-0.3, -0.25) is 4.98 Å². The van der Waals surface area contributed by atoms with Crippen molar-refractivity contribution >= 4 is 0 Å². The second-order valence-electron chi connectivity index (χ2n) is 5.59. The maximum absolute atomic E-state index is 12.9. The fourth-order valence-corrected chi connectivity index (χ4v) is 2.86. The molecule has 1 saturated carbocycles. The van der Waals surface area contributed by atoms with Gasteiger partial charge in [-0.2, -0.15) is 0 Å². The first-order chi connectivity index (χ1) is 9.72. The van der Waals surface area contributed by atoms with Gasteiger partial charge in [-0.1, -0.05) is 12.1 Å². The van der Waals surface area contributed by atoms with Crippen molar-refractivity contribution in [3.8, 4) is 0 Å². The van der Waals surface area contributed by atoms with Gasteiger partial charge in [0.15, 0.2) is 0 Å². The molecule has 1 heterocycles. The molecular formula is C17H19FN2. The van der Waals surface area contributed by atoms with Crippen LogP contribution in [0, 0.1) is 5.82 Å². The first-order valence-corrected chi connectivity index (χ1v) is 7.14. The molecule has 2 aromatic rings. The molecule has 20 heavy (non-hydrogen) atoms. The Kier molecular flexibility index (Phi) is 3.79. The highest BCUT2D eigenvalue weighted by atomic mass is 19.1. The van der Waals surface area contributed by atoms with Crippen LogP contribution in [0.2, 0.25) is 0 Å². The van der Waals surface area contributed by atoms with Crippen LogP contribution in [0.5, 0.6) is 0 Å². The fraction of sp³-hybridized carbons (Fsp3) is 0.353. The lowest BCUT2D eigenvalue weighted by atomic mass is 9.75. The molecule has 1 aromatic carbocycles. The molecule has 0 saturated heterocycles. The van der Waals surface area contributed by atoms with E-state index in [4.69, 9.17) is 0 Å². The maximum atomic E-state index is 12.9. The molecule has 2 nitrogen and oxygen atoms in total. The summed E-state index contributed by atoms with van der Waals surface area (Å²) in [4.78, 5) is 4.04. The van der Waals surface area contributed by atoms with Crippen LogP contribution in [-0.4, -0.2) is 11.0 Å². The number of nitrogens with one attached hydrogen (secondary N) is 1. The van der Waals surface area contributed by atoms with Crippen LogP contribution >= 0.6 is 0 Å². The van der Waals surface area contributed by atoms with Crippen LogP contribution in [0.15, 0.2) is 48.8 Å². The van der Waals surface area contributed by atoms with E-state index in [1.165, 1.54) is 11.1 Å². The van der Waals surface area contributed by atoms with Crippen molar-refractivity contribution in [1.29, 1.82) is 0 Å². The van der Waals surface area contributed by atoms with E-state index in [9.17, 15) is 4.39 Å². The second-order valence-corrected chi connectivity index (χ2v) is 5.59. The first-order valence-electron chi connectivity index (χ1n) is 7.14. The van der Waals surface area contributed by atoms with Crippen LogP contribution in [0.4, 0.5) is 4.39 Å². The third-order valence-corrected chi connectivity index (χ3v) is 4.17. The molecule has 1 fully saturated rings. The number of hydrogen-bond donors (Lipinski definition) is 1. The van der Waals surface area contributed by atoms with Gasteiger partial charge in [-0.05, 0) is 61.1 Å². The van der Waals surface area contributed by atoms with Crippen LogP contribution in [-0.2, 0) is 0 Å². The molecular weight excluding hydrogens is 251 g/mol. The predicted octanol–water partition coefficient (Wildman–Crippen LogP) is 3.82. The Hall–Kier alpha value is -1.74. The van der Waals surface area contributed by atoms with Crippen molar-refractivity contribution in [3.05, 3.63) is 65.7 Å². The predicted molar refractivity (Wildman–Crippen MR) is 78.0 cm³/mol. The molecule has 0 radical (unpaired) electrons. The number of pyridine rings is 1. The van der Waals surface area contributed by atoms with E-state index in [1.807, 2.05) is 36.7 Å². The van der Waals surface area contributed by atoms with Crippen LogP contribution in [0.1, 0.15) is 42.9 Å². The average molecular weight is 270 g/mol. The Morgan fingerprint density at radius 3 is 2.40 bits per heavy atom. The van der Waals surface area contributed by atoms with Crippen molar-refractivity contribution in [2.45, 2.75) is 37.8 Å². The van der Waals surface area contributed by atoms with Gasteiger partial charge in [0.25, 0.3) is 0 Å². The number of benzene rings is 1. The molecule has 1 aliphatic carbocycles. The summed E-state index contributed by atoms with van der Waals surface area (Å²) in [5, 5.41) is 3.64. The van der Waals surface area contributed by atoms with Gasteiger partial charge in [0, 0.05) is 24.5 Å². The molecule has 0 bridgehead atoms. The third kappa shape index (κ3) is 2.88. The maximum Gasteiger partial charge on any atom is 0.123 e. The summed E-state index contributed by atoms with van der Waals surface area (Å²) in [5.74, 6) is 0.409. The molecule has 0 unspecified atom stereocenters. The molecule has 0 aliphatic heterocycles. The van der Waals surface area contributed by atoms with E-state index < -0.39 is 0 Å². The normalized spacial score (nSPS) is 23.1. The molecule has 104 valence electrons. The average Bonchev–Trinajstić information content (AvgIpc) is 2.44. The Morgan fingerprint density at radius 2 is 1.75 bits per heavy atom. The summed E-state index contributed by atoms with van der Waals surface area (Å²) in [6.07, 6.45) is 5.91. The minimum atomic E-state index is -0.158. The molecule has 0 amide bonds. The SMILES string of the molecule is C[C@H](NC1CC(c2ccc(F)cc2)C1)c1ccncc1. The Morgan fingerprint density at radius 1 is 1.10 bits per heavy atom. The smallest absolute Gasteiger partial charge is 0.123 e. The molecule has 3 rings (SSSR count). The van der Waals surface area contributed by atoms with Gasteiger partial charge in [0.2, 0.25) is 0 Å². The highest BCUT2D eigenvalue weighted by Crippen LogP contribution is 2.37. The standard InChI is InChI=1S/C17H19FN2/c1-12(13-6-8-19-9-7-13)20-17-10-15(11-17)14-2-4-16(18)5-3-14/h2-9,12,15,17,20H,10-11H2,1H3/t12-,15?,17?/m0/s1. The van der Waals surface area contributed by atoms with Crippen molar-refractivity contribution in [1.82, 2.24) is 10.3 Å². The lowest BCUT2D eigenvalue weighted by Gasteiger charge is -2.38. The van der Waals surface area contributed by atoms with Gasteiger partial charge < -0.3 is 5.32 Å². The molecule has 1 aromatic heterocycles. The number of aromatic nitrogens is 1. The minimum absolute atomic E-state index is 0.158. The first kappa shape index (κ1) is 13.3. The summed E-state index contributed by atoms with van der Waals surface area (Å²) in [6.45, 7) is 2.18. The van der Waals surface area contributed by atoms with E-state index in [2.05, 4.69) is 17.2 Å². The largest absolute Gasteiger partial charge is 0.307 e. The van der Waals surface area contributed by atoms with E-state index in [0.29, 0.717) is 18.0 Å². The van der Waals surface area contributed by atoms with E-state index >= 15 is 0 Å². The van der Waals surface area contributed by atoms with Gasteiger partial charge in [-0.15, -0.1) is 0 Å². The van der Waals surface area contributed by atoms with Crippen molar-refractivity contribution < 1.29 is 4.39 Å². The molecule has 0 spiro atoms. The zero-order valence-corrected chi connectivity index (χ0v) is 11.6. The second kappa shape index (κ2) is 5.71. The molecule has 1 N–H and O–H groups in total. The van der Waals surface area contributed by atoms with Gasteiger partial charge in [0.1, 0.15) is 5.82 Å². The van der Waals surface area contributed by atoms with Crippen LogP contribution < -0.4 is 5.32 Å². The fourth-order valence-electron chi connectivity index (χ4n) is 2.86. The van der Waals surface area contributed by atoms with E-state index in [1.54, 1.807) is 12.1 Å². The number of halogens is 1. The molecule has 1 atom stereocenters. The highest BCUT2D eigenvalue weighted by molar-refractivity contribution is 5.24. The molecule has 1 aliphatic rings. The summed E-state index contributed by atoms with van der Waals surface area (Å²) >= 11 is 0. The van der Waals surface area contributed by atoms with Crippen LogP contribution in [0.25, 0.3) is 0 Å². The molecule has 3 heteroatoms. The Bertz CT molecular complexity index is 547. The summed E-state index contributed by atoms with van der Waals surface area (Å²) in [7, 11) is 0. The zero-order chi connectivity index (χ0) is 13.9. The minimum Gasteiger partial charge on any atom is -0.307 e. The van der Waals surface area contributed by atoms with Gasteiger partial charge in [-0.25, -0.2) is 4.39 Å². The number of nitrogens with zero attached hydrogens (tertiary/aromatic N) is 1. The lowest BCUT2D eigenvalue weighted by molar-refractivity contribution is 0.271. The zero-order valence-electron chi connectivity index (χ0n) is 11.6. The number of hydrogen-bond acceptors (Lipinski definition) is 2. The highest BCUT2D eigenvalue weighted by Gasteiger charge is 2.31. The van der Waals surface area contributed by atoms with Gasteiger partial charge in [0.05, 0.1) is 0 Å². The van der Waals surface area contributed by atoms with E-state index in [-0.39, 0.29) is 5.82 Å². The summed E-state index contributed by atoms with van der Waals surface area (Å²) in [5.41, 5.74) is 2.52. The lowest BCUT2D eigenvalue weighted by Crippen LogP contribution is -2.41. The number of rotatable bonds is 4. The monoisotopic (exact) mass is 270 g/mol. The quantitative estimate of drug-likeness (QED) is 0.913. The third-order valence-electron chi connectivity index (χ3n) is 4.17.